The molecule has 0 atom stereocenters. The first kappa shape index (κ1) is 16.0. The van der Waals surface area contributed by atoms with Gasteiger partial charge in [0.05, 0.1) is 0 Å². The lowest BCUT2D eigenvalue weighted by Gasteiger charge is -2.33. The van der Waals surface area contributed by atoms with Gasteiger partial charge in [0, 0.05) is 43.0 Å². The smallest absolute Gasteiger partial charge is 0.136 e. The number of rotatable bonds is 3. The largest absolute Gasteiger partial charge is 0.354 e. The average Bonchev–Trinajstić information content (AvgIpc) is 2.50. The van der Waals surface area contributed by atoms with E-state index >= 15 is 0 Å². The Balaban J connectivity index is 1.82. The van der Waals surface area contributed by atoms with Crippen LogP contribution >= 0.6 is 11.6 Å². The normalized spacial score (nSPS) is 15.7. The maximum Gasteiger partial charge on any atom is 0.136 e. The summed E-state index contributed by atoms with van der Waals surface area (Å²) < 4.78 is 0. The van der Waals surface area contributed by atoms with Crippen LogP contribution in [0.4, 0.5) is 17.3 Å². The topological polar surface area (TPSA) is 44.3 Å². The van der Waals surface area contributed by atoms with Crippen molar-refractivity contribution in [3.63, 3.8) is 0 Å². The lowest BCUT2D eigenvalue weighted by Crippen LogP contribution is -2.44. The number of benzene rings is 1. The van der Waals surface area contributed by atoms with Crippen molar-refractivity contribution in [2.75, 3.05) is 43.4 Å². The third kappa shape index (κ3) is 3.92. The summed E-state index contributed by atoms with van der Waals surface area (Å²) in [4.78, 5) is 13.8. The van der Waals surface area contributed by atoms with Gasteiger partial charge < -0.3 is 15.1 Å². The van der Waals surface area contributed by atoms with Gasteiger partial charge in [-0.2, -0.15) is 0 Å². The number of nitrogens with one attached hydrogen (secondary N) is 1. The van der Waals surface area contributed by atoms with Crippen molar-refractivity contribution >= 4 is 28.9 Å². The molecule has 5 nitrogen and oxygen atoms in total. The zero-order chi connectivity index (χ0) is 16.4. The molecule has 0 amide bonds. The molecule has 0 radical (unpaired) electrons. The number of halogens is 1. The van der Waals surface area contributed by atoms with E-state index in [0.717, 1.165) is 59.9 Å². The lowest BCUT2D eigenvalue weighted by atomic mass is 10.2. The molecule has 1 aromatic heterocycles. The Hall–Kier alpha value is -1.85. The first-order valence-corrected chi connectivity index (χ1v) is 8.21. The fraction of sp³-hybridized carbons (Fsp3) is 0.412. The summed E-state index contributed by atoms with van der Waals surface area (Å²) in [7, 11) is 2.15. The van der Waals surface area contributed by atoms with Crippen molar-refractivity contribution < 1.29 is 0 Å². The van der Waals surface area contributed by atoms with Crippen LogP contribution in [0.2, 0.25) is 5.02 Å². The molecule has 2 aromatic rings. The monoisotopic (exact) mass is 331 g/mol. The van der Waals surface area contributed by atoms with Crippen molar-refractivity contribution in [3.8, 4) is 0 Å². The van der Waals surface area contributed by atoms with Gasteiger partial charge in [-0.1, -0.05) is 11.6 Å². The van der Waals surface area contributed by atoms with E-state index in [9.17, 15) is 0 Å². The fourth-order valence-electron chi connectivity index (χ4n) is 2.72. The number of piperazine rings is 1. The van der Waals surface area contributed by atoms with Gasteiger partial charge in [0.15, 0.2) is 0 Å². The Labute approximate surface area is 142 Å². The minimum Gasteiger partial charge on any atom is -0.354 e. The molecule has 1 aliphatic heterocycles. The van der Waals surface area contributed by atoms with E-state index in [2.05, 4.69) is 32.1 Å². The zero-order valence-corrected chi connectivity index (χ0v) is 14.6. The minimum atomic E-state index is 0.741. The summed E-state index contributed by atoms with van der Waals surface area (Å²) in [5.74, 6) is 2.58. The molecule has 1 aliphatic rings. The molecule has 3 rings (SSSR count). The molecule has 0 bridgehead atoms. The predicted octanol–water partition coefficient (Wildman–Crippen LogP) is 3.24. The number of likely N-dealkylation sites (N-methyl/N-ethyl adjacent to an activating group) is 1. The fourth-order valence-corrected chi connectivity index (χ4v) is 2.95. The maximum atomic E-state index is 6.02. The van der Waals surface area contributed by atoms with Gasteiger partial charge in [-0.05, 0) is 44.7 Å². The van der Waals surface area contributed by atoms with E-state index in [-0.39, 0.29) is 0 Å². The third-order valence-electron chi connectivity index (χ3n) is 4.10. The first-order chi connectivity index (χ1) is 11.0. The van der Waals surface area contributed by atoms with Crippen LogP contribution < -0.4 is 10.2 Å². The molecule has 6 heteroatoms. The van der Waals surface area contributed by atoms with Gasteiger partial charge in [-0.15, -0.1) is 0 Å². The van der Waals surface area contributed by atoms with Crippen LogP contribution in [0.15, 0.2) is 24.3 Å². The molecule has 0 saturated carbocycles. The van der Waals surface area contributed by atoms with Crippen LogP contribution in [0.3, 0.4) is 0 Å². The highest BCUT2D eigenvalue weighted by Gasteiger charge is 2.16. The summed E-state index contributed by atoms with van der Waals surface area (Å²) in [5.41, 5.74) is 2.10. The summed E-state index contributed by atoms with van der Waals surface area (Å²) >= 11 is 6.02. The molecule has 1 saturated heterocycles. The zero-order valence-electron chi connectivity index (χ0n) is 13.8. The van der Waals surface area contributed by atoms with Crippen molar-refractivity contribution in [2.45, 2.75) is 13.8 Å². The van der Waals surface area contributed by atoms with E-state index in [0.29, 0.717) is 0 Å². The van der Waals surface area contributed by atoms with Crippen molar-refractivity contribution in [2.24, 2.45) is 0 Å². The molecule has 0 spiro atoms. The van der Waals surface area contributed by atoms with E-state index in [1.807, 2.05) is 38.1 Å². The molecule has 0 unspecified atom stereocenters. The van der Waals surface area contributed by atoms with Gasteiger partial charge >= 0.3 is 0 Å². The van der Waals surface area contributed by atoms with Crippen molar-refractivity contribution in [3.05, 3.63) is 40.7 Å². The molecule has 122 valence electrons. The second kappa shape index (κ2) is 6.72. The lowest BCUT2D eigenvalue weighted by molar-refractivity contribution is 0.312. The SMILES string of the molecule is Cc1nc(Nc2ccc(Cl)cc2C)cc(N2CCN(C)CC2)n1. The van der Waals surface area contributed by atoms with E-state index < -0.39 is 0 Å². The highest BCUT2D eigenvalue weighted by Crippen LogP contribution is 2.25. The number of nitrogens with zero attached hydrogens (tertiary/aromatic N) is 4. The predicted molar refractivity (Wildman–Crippen MR) is 96.0 cm³/mol. The third-order valence-corrected chi connectivity index (χ3v) is 4.34. The number of hydrogen-bond donors (Lipinski definition) is 1. The Morgan fingerprint density at radius 1 is 1.04 bits per heavy atom. The van der Waals surface area contributed by atoms with Gasteiger partial charge in [-0.3, -0.25) is 0 Å². The van der Waals surface area contributed by atoms with E-state index in [1.54, 1.807) is 0 Å². The van der Waals surface area contributed by atoms with Gasteiger partial charge in [-0.25, -0.2) is 9.97 Å². The number of hydrogen-bond acceptors (Lipinski definition) is 5. The Bertz CT molecular complexity index is 695. The quantitative estimate of drug-likeness (QED) is 0.935. The number of aromatic nitrogens is 2. The Morgan fingerprint density at radius 3 is 2.48 bits per heavy atom. The van der Waals surface area contributed by atoms with Crippen LogP contribution in [0.25, 0.3) is 0 Å². The van der Waals surface area contributed by atoms with E-state index in [4.69, 9.17) is 11.6 Å². The van der Waals surface area contributed by atoms with Crippen LogP contribution in [0.1, 0.15) is 11.4 Å². The summed E-state index contributed by atoms with van der Waals surface area (Å²) in [6.45, 7) is 8.06. The summed E-state index contributed by atoms with van der Waals surface area (Å²) in [6.07, 6.45) is 0. The Morgan fingerprint density at radius 2 is 1.78 bits per heavy atom. The van der Waals surface area contributed by atoms with Crippen LogP contribution in [-0.4, -0.2) is 48.1 Å². The van der Waals surface area contributed by atoms with Crippen LogP contribution in [-0.2, 0) is 0 Å². The molecule has 2 heterocycles. The summed E-state index contributed by atoms with van der Waals surface area (Å²) in [5, 5.41) is 4.12. The summed E-state index contributed by atoms with van der Waals surface area (Å²) in [6, 6.07) is 7.82. The van der Waals surface area contributed by atoms with Gasteiger partial charge in [0.25, 0.3) is 0 Å². The molecule has 1 N–H and O–H groups in total. The highest BCUT2D eigenvalue weighted by molar-refractivity contribution is 6.30. The molecule has 0 aliphatic carbocycles. The maximum absolute atomic E-state index is 6.02. The van der Waals surface area contributed by atoms with Gasteiger partial charge in [0.2, 0.25) is 0 Å². The Kier molecular flexibility index (Phi) is 4.68. The molecular weight excluding hydrogens is 310 g/mol. The molecule has 1 aromatic carbocycles. The molecule has 1 fully saturated rings. The van der Waals surface area contributed by atoms with Crippen LogP contribution in [0.5, 0.6) is 0 Å². The molecule has 23 heavy (non-hydrogen) atoms. The number of anilines is 3. The average molecular weight is 332 g/mol. The van der Waals surface area contributed by atoms with Crippen molar-refractivity contribution in [1.82, 2.24) is 14.9 Å². The first-order valence-electron chi connectivity index (χ1n) is 7.83. The van der Waals surface area contributed by atoms with E-state index in [1.165, 1.54) is 0 Å². The van der Waals surface area contributed by atoms with Gasteiger partial charge in [0.1, 0.15) is 17.5 Å². The number of aryl methyl sites for hydroxylation is 2. The standard InChI is InChI=1S/C17H22ClN5/c1-12-10-14(18)4-5-15(12)21-16-11-17(20-13(2)19-16)23-8-6-22(3)7-9-23/h4-5,10-11H,6-9H2,1-3H3,(H,19,20,21). The molecular formula is C17H22ClN5. The van der Waals surface area contributed by atoms with Crippen molar-refractivity contribution in [1.29, 1.82) is 0 Å². The minimum absolute atomic E-state index is 0.741. The highest BCUT2D eigenvalue weighted by atomic mass is 35.5. The second-order valence-electron chi connectivity index (χ2n) is 6.03. The second-order valence-corrected chi connectivity index (χ2v) is 6.47. The van der Waals surface area contributed by atoms with Crippen LogP contribution in [0, 0.1) is 13.8 Å².